The van der Waals surface area contributed by atoms with Gasteiger partial charge >= 0.3 is 0 Å². The zero-order valence-corrected chi connectivity index (χ0v) is 19.0. The van der Waals surface area contributed by atoms with Gasteiger partial charge in [-0.15, -0.1) is 35.3 Å². The molecule has 3 rings (SSSR count). The molecule has 1 aromatic carbocycles. The molecule has 0 saturated carbocycles. The summed E-state index contributed by atoms with van der Waals surface area (Å²) < 4.78 is 6.70. The maximum Gasteiger partial charge on any atom is 0.226 e. The Balaban J connectivity index is 0.00000243. The normalized spacial score (nSPS) is 11.1. The molecule has 0 bridgehead atoms. The molecule has 0 spiro atoms. The van der Waals surface area contributed by atoms with Crippen LogP contribution in [0.1, 0.15) is 10.6 Å². The fourth-order valence-corrected chi connectivity index (χ4v) is 3.77. The lowest BCUT2D eigenvalue weighted by Crippen LogP contribution is -2.37. The highest BCUT2D eigenvalue weighted by molar-refractivity contribution is 14.0. The van der Waals surface area contributed by atoms with Crippen molar-refractivity contribution in [2.45, 2.75) is 13.0 Å². The molecule has 8 heteroatoms. The lowest BCUT2D eigenvalue weighted by molar-refractivity contribution is 0.572. The average Bonchev–Trinajstić information content (AvgIpc) is 3.28. The SMILES string of the molecule is CN=C(NCCc1ccc(Br)s1)NCc1coc(-c2ccccc2)n1.I. The second kappa shape index (κ2) is 10.7. The number of rotatable bonds is 6. The maximum atomic E-state index is 5.54. The molecule has 3 aromatic rings. The van der Waals surface area contributed by atoms with Gasteiger partial charge in [-0.2, -0.15) is 0 Å². The van der Waals surface area contributed by atoms with Gasteiger partial charge in [0, 0.05) is 24.0 Å². The number of halogens is 2. The van der Waals surface area contributed by atoms with Crippen LogP contribution >= 0.6 is 51.2 Å². The van der Waals surface area contributed by atoms with E-state index in [9.17, 15) is 0 Å². The number of nitrogens with zero attached hydrogens (tertiary/aromatic N) is 2. The van der Waals surface area contributed by atoms with E-state index in [1.807, 2.05) is 30.3 Å². The van der Waals surface area contributed by atoms with Crippen LogP contribution < -0.4 is 10.6 Å². The zero-order valence-electron chi connectivity index (χ0n) is 14.2. The Morgan fingerprint density at radius 3 is 2.69 bits per heavy atom. The molecule has 0 unspecified atom stereocenters. The summed E-state index contributed by atoms with van der Waals surface area (Å²) in [6, 6.07) is 14.1. The van der Waals surface area contributed by atoms with Crippen molar-refractivity contribution >= 4 is 57.2 Å². The van der Waals surface area contributed by atoms with Gasteiger partial charge < -0.3 is 15.1 Å². The molecule has 2 N–H and O–H groups in total. The summed E-state index contributed by atoms with van der Waals surface area (Å²) in [7, 11) is 1.76. The molecule has 5 nitrogen and oxygen atoms in total. The molecular formula is C18H20BrIN4OS. The smallest absolute Gasteiger partial charge is 0.226 e. The van der Waals surface area contributed by atoms with Crippen molar-refractivity contribution in [2.24, 2.45) is 4.99 Å². The molecule has 2 aromatic heterocycles. The van der Waals surface area contributed by atoms with Gasteiger partial charge in [0.2, 0.25) is 5.89 Å². The second-order valence-corrected chi connectivity index (χ2v) is 7.87. The Kier molecular flexibility index (Phi) is 8.60. The van der Waals surface area contributed by atoms with Crippen molar-refractivity contribution in [3.63, 3.8) is 0 Å². The Bertz CT molecular complexity index is 835. The second-order valence-electron chi connectivity index (χ2n) is 5.32. The highest BCUT2D eigenvalue weighted by Crippen LogP contribution is 2.22. The van der Waals surface area contributed by atoms with E-state index in [0.717, 1.165) is 34.0 Å². The van der Waals surface area contributed by atoms with E-state index in [-0.39, 0.29) is 24.0 Å². The number of aromatic nitrogens is 1. The summed E-state index contributed by atoms with van der Waals surface area (Å²) in [5.74, 6) is 1.38. The zero-order chi connectivity index (χ0) is 17.5. The van der Waals surface area contributed by atoms with Crippen LogP contribution in [0.4, 0.5) is 0 Å². The Labute approximate surface area is 182 Å². The van der Waals surface area contributed by atoms with Crippen LogP contribution in [0.15, 0.2) is 61.9 Å². The molecule has 0 aliphatic heterocycles. The number of nitrogens with one attached hydrogen (secondary N) is 2. The van der Waals surface area contributed by atoms with E-state index in [2.05, 4.69) is 48.7 Å². The van der Waals surface area contributed by atoms with Gasteiger partial charge in [-0.3, -0.25) is 4.99 Å². The van der Waals surface area contributed by atoms with Crippen molar-refractivity contribution in [1.82, 2.24) is 15.6 Å². The number of aliphatic imine (C=N–C) groups is 1. The largest absolute Gasteiger partial charge is 0.444 e. The molecule has 0 atom stereocenters. The minimum Gasteiger partial charge on any atom is -0.444 e. The fraction of sp³-hybridized carbons (Fsp3) is 0.222. The summed E-state index contributed by atoms with van der Waals surface area (Å²) in [6.07, 6.45) is 2.63. The standard InChI is InChI=1S/C18H19BrN4OS.HI/c1-20-18(21-10-9-15-7-8-16(19)25-15)22-11-14-12-24-17(23-14)13-5-3-2-4-6-13;/h2-8,12H,9-11H2,1H3,(H2,20,21,22);1H. The van der Waals surface area contributed by atoms with E-state index < -0.39 is 0 Å². The van der Waals surface area contributed by atoms with Gasteiger partial charge in [0.1, 0.15) is 6.26 Å². The molecular weight excluding hydrogens is 527 g/mol. The van der Waals surface area contributed by atoms with Crippen LogP contribution in [-0.2, 0) is 13.0 Å². The molecule has 0 amide bonds. The van der Waals surface area contributed by atoms with Crippen LogP contribution in [-0.4, -0.2) is 24.5 Å². The average molecular weight is 547 g/mol. The number of benzene rings is 1. The fourth-order valence-electron chi connectivity index (χ4n) is 2.29. The van der Waals surface area contributed by atoms with Crippen molar-refractivity contribution in [3.8, 4) is 11.5 Å². The summed E-state index contributed by atoms with van der Waals surface area (Å²) in [5, 5.41) is 6.56. The van der Waals surface area contributed by atoms with Crippen molar-refractivity contribution in [1.29, 1.82) is 0 Å². The molecule has 0 saturated heterocycles. The summed E-state index contributed by atoms with van der Waals surface area (Å²) in [6.45, 7) is 1.38. The number of oxazole rings is 1. The Hall–Kier alpha value is -1.39. The molecule has 138 valence electrons. The first-order chi connectivity index (χ1) is 12.2. The number of guanidine groups is 1. The first kappa shape index (κ1) is 20.9. The maximum absolute atomic E-state index is 5.54. The number of hydrogen-bond acceptors (Lipinski definition) is 4. The highest BCUT2D eigenvalue weighted by Gasteiger charge is 2.07. The molecule has 0 aliphatic rings. The van der Waals surface area contributed by atoms with Crippen molar-refractivity contribution < 1.29 is 4.42 Å². The van der Waals surface area contributed by atoms with Crippen molar-refractivity contribution in [3.05, 3.63) is 63.1 Å². The predicted octanol–water partition coefficient (Wildman–Crippen LogP) is 4.69. The van der Waals surface area contributed by atoms with Gasteiger partial charge in [-0.1, -0.05) is 18.2 Å². The molecule has 2 heterocycles. The first-order valence-corrected chi connectivity index (χ1v) is 9.54. The summed E-state index contributed by atoms with van der Waals surface area (Å²) >= 11 is 5.23. The minimum atomic E-state index is 0. The van der Waals surface area contributed by atoms with Crippen LogP contribution in [0.3, 0.4) is 0 Å². The van der Waals surface area contributed by atoms with Gasteiger partial charge in [-0.25, -0.2) is 4.98 Å². The summed E-state index contributed by atoms with van der Waals surface area (Å²) in [4.78, 5) is 10.1. The van der Waals surface area contributed by atoms with E-state index in [4.69, 9.17) is 4.42 Å². The quantitative estimate of drug-likeness (QED) is 0.267. The van der Waals surface area contributed by atoms with Gasteiger partial charge in [-0.05, 0) is 46.6 Å². The van der Waals surface area contributed by atoms with E-state index in [1.54, 1.807) is 24.6 Å². The van der Waals surface area contributed by atoms with Gasteiger partial charge in [0.25, 0.3) is 0 Å². The molecule has 0 fully saturated rings. The van der Waals surface area contributed by atoms with E-state index in [0.29, 0.717) is 12.4 Å². The van der Waals surface area contributed by atoms with Crippen LogP contribution in [0, 0.1) is 0 Å². The topological polar surface area (TPSA) is 62.5 Å². The molecule has 0 radical (unpaired) electrons. The minimum absolute atomic E-state index is 0. The molecule has 0 aliphatic carbocycles. The van der Waals surface area contributed by atoms with Crippen LogP contribution in [0.2, 0.25) is 0 Å². The Morgan fingerprint density at radius 1 is 1.19 bits per heavy atom. The third kappa shape index (κ3) is 6.10. The van der Waals surface area contributed by atoms with Crippen LogP contribution in [0.25, 0.3) is 11.5 Å². The van der Waals surface area contributed by atoms with Crippen LogP contribution in [0.5, 0.6) is 0 Å². The Morgan fingerprint density at radius 2 is 2.00 bits per heavy atom. The lowest BCUT2D eigenvalue weighted by Gasteiger charge is -2.10. The van der Waals surface area contributed by atoms with Gasteiger partial charge in [0.05, 0.1) is 16.0 Å². The lowest BCUT2D eigenvalue weighted by atomic mass is 10.2. The molecule has 26 heavy (non-hydrogen) atoms. The monoisotopic (exact) mass is 546 g/mol. The van der Waals surface area contributed by atoms with Crippen molar-refractivity contribution in [2.75, 3.05) is 13.6 Å². The third-order valence-electron chi connectivity index (χ3n) is 3.53. The van der Waals surface area contributed by atoms with E-state index in [1.165, 1.54) is 4.88 Å². The number of hydrogen-bond donors (Lipinski definition) is 2. The predicted molar refractivity (Wildman–Crippen MR) is 121 cm³/mol. The summed E-state index contributed by atoms with van der Waals surface area (Å²) in [5.41, 5.74) is 1.81. The first-order valence-electron chi connectivity index (χ1n) is 7.93. The van der Waals surface area contributed by atoms with Gasteiger partial charge in [0.15, 0.2) is 5.96 Å². The number of thiophene rings is 1. The highest BCUT2D eigenvalue weighted by atomic mass is 127. The third-order valence-corrected chi connectivity index (χ3v) is 5.21. The van der Waals surface area contributed by atoms with E-state index >= 15 is 0 Å².